The Balaban J connectivity index is 1.63. The molecule has 0 bridgehead atoms. The van der Waals surface area contributed by atoms with E-state index in [1.165, 1.54) is 16.9 Å². The second-order valence-electron chi connectivity index (χ2n) is 6.59. The number of thiazole rings is 1. The minimum Gasteiger partial charge on any atom is -0.455 e. The molecule has 2 aromatic rings. The van der Waals surface area contributed by atoms with Crippen molar-refractivity contribution in [1.82, 2.24) is 4.57 Å². The number of hydrogen-bond acceptors (Lipinski definition) is 4. The van der Waals surface area contributed by atoms with Crippen LogP contribution in [0.4, 0.5) is 0 Å². The van der Waals surface area contributed by atoms with Crippen LogP contribution in [0.2, 0.25) is 0 Å². The maximum Gasteiger partial charge on any atom is 0.315 e. The van der Waals surface area contributed by atoms with Crippen LogP contribution in [0, 0.1) is 12.3 Å². The molecule has 26 heavy (non-hydrogen) atoms. The van der Waals surface area contributed by atoms with E-state index in [9.17, 15) is 9.59 Å². The zero-order chi connectivity index (χ0) is 18.9. The lowest BCUT2D eigenvalue weighted by Crippen LogP contribution is -2.25. The van der Waals surface area contributed by atoms with Gasteiger partial charge in [0.25, 0.3) is 5.91 Å². The van der Waals surface area contributed by atoms with Crippen molar-refractivity contribution in [2.75, 3.05) is 6.61 Å². The molecule has 138 valence electrons. The highest BCUT2D eigenvalue weighted by molar-refractivity contribution is 7.07. The molecule has 1 heterocycles. The fraction of sp³-hybridized carbons (Fsp3) is 0.389. The molecule has 5 nitrogen and oxygen atoms in total. The summed E-state index contributed by atoms with van der Waals surface area (Å²) in [5.41, 5.74) is 1.34. The molecule has 1 atom stereocenters. The van der Waals surface area contributed by atoms with Gasteiger partial charge in [-0.15, -0.1) is 34.5 Å². The van der Waals surface area contributed by atoms with Crippen molar-refractivity contribution in [3.8, 4) is 0 Å². The van der Waals surface area contributed by atoms with Crippen molar-refractivity contribution >= 4 is 46.4 Å². The number of carbonyl (C=O) groups excluding carboxylic acids is 2. The number of rotatable bonds is 5. The molecule has 1 aromatic heterocycles. The van der Waals surface area contributed by atoms with Crippen LogP contribution in [0.5, 0.6) is 0 Å². The van der Waals surface area contributed by atoms with Gasteiger partial charge in [-0.3, -0.25) is 9.59 Å². The average Bonchev–Trinajstić information content (AvgIpc) is 2.90. The minimum absolute atomic E-state index is 0.314. The predicted molar refractivity (Wildman–Crippen MR) is 101 cm³/mol. The summed E-state index contributed by atoms with van der Waals surface area (Å²) < 4.78 is 5.79. The Morgan fingerprint density at radius 1 is 1.31 bits per heavy atom. The lowest BCUT2D eigenvalue weighted by atomic mass is 10.1. The van der Waals surface area contributed by atoms with Crippen LogP contribution in [0.1, 0.15) is 24.5 Å². The van der Waals surface area contributed by atoms with Gasteiger partial charge in [0.05, 0.1) is 0 Å². The first-order chi connectivity index (χ1) is 12.2. The quantitative estimate of drug-likeness (QED) is 0.557. The first-order valence-electron chi connectivity index (χ1n) is 8.03. The van der Waals surface area contributed by atoms with Crippen LogP contribution in [0.15, 0.2) is 40.8 Å². The summed E-state index contributed by atoms with van der Waals surface area (Å²) in [5.74, 6) is -1.11. The second-order valence-corrected chi connectivity index (χ2v) is 8.95. The van der Waals surface area contributed by atoms with E-state index >= 15 is 0 Å². The van der Waals surface area contributed by atoms with Crippen molar-refractivity contribution in [2.24, 2.45) is 10.4 Å². The van der Waals surface area contributed by atoms with Gasteiger partial charge in [0.15, 0.2) is 11.4 Å². The number of ether oxygens (including phenoxy) is 1. The lowest BCUT2D eigenvalue weighted by Gasteiger charge is -2.10. The molecule has 0 unspecified atom stereocenters. The van der Waals surface area contributed by atoms with E-state index in [0.29, 0.717) is 17.8 Å². The van der Waals surface area contributed by atoms with Crippen LogP contribution < -0.4 is 4.80 Å². The number of halogens is 2. The highest BCUT2D eigenvalue weighted by Crippen LogP contribution is 2.64. The topological polar surface area (TPSA) is 60.7 Å². The molecular formula is C18H18Cl2N2O3S. The number of benzene rings is 1. The largest absolute Gasteiger partial charge is 0.455 e. The number of amides is 1. The summed E-state index contributed by atoms with van der Waals surface area (Å²) in [6, 6.07) is 8.15. The fourth-order valence-corrected chi connectivity index (χ4v) is 3.88. The van der Waals surface area contributed by atoms with Gasteiger partial charge < -0.3 is 9.30 Å². The fourth-order valence-electron chi connectivity index (χ4n) is 2.44. The zero-order valence-electron chi connectivity index (χ0n) is 14.4. The zero-order valence-corrected chi connectivity index (χ0v) is 16.7. The van der Waals surface area contributed by atoms with E-state index in [0.717, 1.165) is 5.56 Å². The van der Waals surface area contributed by atoms with Gasteiger partial charge in [-0.05, 0) is 19.4 Å². The smallest absolute Gasteiger partial charge is 0.315 e. The second kappa shape index (κ2) is 7.18. The van der Waals surface area contributed by atoms with Gasteiger partial charge in [-0.2, -0.15) is 4.99 Å². The van der Waals surface area contributed by atoms with Crippen molar-refractivity contribution in [3.63, 3.8) is 0 Å². The number of esters is 1. The molecule has 0 N–H and O–H groups in total. The Kier molecular flexibility index (Phi) is 5.28. The highest BCUT2D eigenvalue weighted by Gasteiger charge is 2.69. The molecule has 3 rings (SSSR count). The number of carbonyl (C=O) groups is 2. The summed E-state index contributed by atoms with van der Waals surface area (Å²) in [7, 11) is 0. The lowest BCUT2D eigenvalue weighted by molar-refractivity contribution is -0.152. The van der Waals surface area contributed by atoms with E-state index in [1.807, 2.05) is 47.3 Å². The Hall–Kier alpha value is -1.63. The van der Waals surface area contributed by atoms with Crippen molar-refractivity contribution in [3.05, 3.63) is 51.8 Å². The molecule has 1 amide bonds. The first-order valence-corrected chi connectivity index (χ1v) is 9.67. The molecule has 1 aliphatic carbocycles. The summed E-state index contributed by atoms with van der Waals surface area (Å²) in [4.78, 5) is 28.6. The normalized spacial score (nSPS) is 21.5. The molecule has 1 aliphatic rings. The summed E-state index contributed by atoms with van der Waals surface area (Å²) >= 11 is 13.2. The summed E-state index contributed by atoms with van der Waals surface area (Å²) in [6.45, 7) is 3.82. The van der Waals surface area contributed by atoms with Crippen LogP contribution in [-0.4, -0.2) is 27.4 Å². The van der Waals surface area contributed by atoms with Gasteiger partial charge in [-0.25, -0.2) is 0 Å². The molecule has 1 fully saturated rings. The van der Waals surface area contributed by atoms with E-state index in [-0.39, 0.29) is 0 Å². The third kappa shape index (κ3) is 4.03. The van der Waals surface area contributed by atoms with Gasteiger partial charge in [-0.1, -0.05) is 29.8 Å². The van der Waals surface area contributed by atoms with Crippen molar-refractivity contribution in [2.45, 2.75) is 31.1 Å². The van der Waals surface area contributed by atoms with E-state index in [2.05, 4.69) is 4.99 Å². The molecule has 1 saturated carbocycles. The maximum atomic E-state index is 12.1. The van der Waals surface area contributed by atoms with Gasteiger partial charge in [0.1, 0.15) is 9.75 Å². The van der Waals surface area contributed by atoms with Crippen LogP contribution >= 0.6 is 34.5 Å². The molecule has 0 saturated heterocycles. The van der Waals surface area contributed by atoms with Crippen molar-refractivity contribution in [1.29, 1.82) is 0 Å². The van der Waals surface area contributed by atoms with E-state index in [1.54, 1.807) is 6.92 Å². The van der Waals surface area contributed by atoms with Crippen LogP contribution in [-0.2, 0) is 20.9 Å². The van der Waals surface area contributed by atoms with E-state index in [4.69, 9.17) is 27.9 Å². The number of alkyl halides is 2. The Bertz CT molecular complexity index is 902. The molecule has 0 spiro atoms. The maximum absolute atomic E-state index is 12.1. The highest BCUT2D eigenvalue weighted by atomic mass is 35.5. The molecule has 0 aliphatic heterocycles. The molecular weight excluding hydrogens is 395 g/mol. The Morgan fingerprint density at radius 3 is 2.58 bits per heavy atom. The van der Waals surface area contributed by atoms with Gasteiger partial charge in [0.2, 0.25) is 0 Å². The predicted octanol–water partition coefficient (Wildman–Crippen LogP) is 3.46. The third-order valence-corrected chi connectivity index (χ3v) is 6.28. The number of aromatic nitrogens is 1. The minimum atomic E-state index is -1.12. The van der Waals surface area contributed by atoms with E-state index < -0.39 is 28.2 Å². The first kappa shape index (κ1) is 19.1. The summed E-state index contributed by atoms with van der Waals surface area (Å²) in [6.07, 6.45) is 2.18. The Morgan fingerprint density at radius 2 is 1.96 bits per heavy atom. The molecule has 1 aromatic carbocycles. The van der Waals surface area contributed by atoms with Crippen molar-refractivity contribution < 1.29 is 14.3 Å². The van der Waals surface area contributed by atoms with Crippen LogP contribution in [0.25, 0.3) is 0 Å². The number of aryl methyl sites for hydroxylation is 1. The van der Waals surface area contributed by atoms with Gasteiger partial charge in [0, 0.05) is 24.5 Å². The standard InChI is InChI=1S/C18H18Cl2N2O3S/c1-12-3-5-13(6-4-12)9-22-7-8-26-16(22)21-14(23)10-25-15(24)17(2)11-18(17,19)20/h3-8H,9-11H2,1-2H3/t17-/m0/s1. The molecule has 8 heteroatoms. The summed E-state index contributed by atoms with van der Waals surface area (Å²) in [5, 5.41) is 1.85. The molecule has 0 radical (unpaired) electrons. The SMILES string of the molecule is Cc1ccc(Cn2ccsc2=NC(=O)COC(=O)[C@]2(C)CC2(Cl)Cl)cc1. The van der Waals surface area contributed by atoms with Gasteiger partial charge >= 0.3 is 5.97 Å². The Labute approximate surface area is 165 Å². The third-order valence-electron chi connectivity index (χ3n) is 4.39. The number of nitrogens with zero attached hydrogens (tertiary/aromatic N) is 2. The monoisotopic (exact) mass is 412 g/mol. The van der Waals surface area contributed by atoms with Crippen LogP contribution in [0.3, 0.4) is 0 Å². The number of hydrogen-bond donors (Lipinski definition) is 0. The average molecular weight is 413 g/mol.